The first-order valence-electron chi connectivity index (χ1n) is 11.7. The van der Waals surface area contributed by atoms with Crippen molar-refractivity contribution in [2.75, 3.05) is 6.01 Å². The molecule has 0 aromatic carbocycles. The molecule has 9 atom stereocenters. The summed E-state index contributed by atoms with van der Waals surface area (Å²) in [5.74, 6) is -3.30. The minimum absolute atomic E-state index is 0. The van der Waals surface area contributed by atoms with Gasteiger partial charge in [-0.05, 0) is 61.6 Å². The number of esters is 1. The van der Waals surface area contributed by atoms with Crippen molar-refractivity contribution in [1.82, 2.24) is 0 Å². The van der Waals surface area contributed by atoms with Gasteiger partial charge in [0.05, 0.1) is 6.10 Å². The summed E-state index contributed by atoms with van der Waals surface area (Å²) in [6, 6.07) is -1.02. The van der Waals surface area contributed by atoms with Gasteiger partial charge >= 0.3 is 5.97 Å². The first-order chi connectivity index (χ1) is 15.8. The molecule has 0 saturated heterocycles. The van der Waals surface area contributed by atoms with Crippen molar-refractivity contribution in [2.45, 2.75) is 76.9 Å². The lowest BCUT2D eigenvalue weighted by atomic mass is 9.44. The van der Waals surface area contributed by atoms with Crippen molar-refractivity contribution in [3.63, 3.8) is 0 Å². The Morgan fingerprint density at radius 3 is 2.51 bits per heavy atom. The second-order valence-corrected chi connectivity index (χ2v) is 11.5. The number of fused-ring (bicyclic) bond motifs is 5. The van der Waals surface area contributed by atoms with Crippen molar-refractivity contribution in [3.05, 3.63) is 23.8 Å². The van der Waals surface area contributed by atoms with E-state index in [1.54, 1.807) is 20.8 Å². The monoisotopic (exact) mass is 536 g/mol. The van der Waals surface area contributed by atoms with E-state index in [1.807, 2.05) is 0 Å². The van der Waals surface area contributed by atoms with E-state index >= 15 is 8.78 Å². The highest BCUT2D eigenvalue weighted by Crippen LogP contribution is 2.72. The summed E-state index contributed by atoms with van der Waals surface area (Å²) in [4.78, 5) is 37.8. The van der Waals surface area contributed by atoms with Gasteiger partial charge in [0.2, 0.25) is 5.12 Å². The number of thioether (sulfide) groups is 1. The van der Waals surface area contributed by atoms with E-state index in [2.05, 4.69) is 0 Å². The number of carbonyl (C=O) groups is 3. The summed E-state index contributed by atoms with van der Waals surface area (Å²) in [6.45, 7) is 6.45. The molecule has 3 fully saturated rings. The molecule has 196 valence electrons. The topological polar surface area (TPSA) is 80.7 Å². The second kappa shape index (κ2) is 9.21. The van der Waals surface area contributed by atoms with Crippen molar-refractivity contribution in [2.24, 2.45) is 28.6 Å². The number of aliphatic hydroxyl groups excluding tert-OH is 1. The molecule has 4 rings (SSSR count). The fraction of sp³-hybridized carbons (Fsp3) is 0.720. The summed E-state index contributed by atoms with van der Waals surface area (Å²) >= 11 is 0.396. The number of allylic oxidation sites excluding steroid dienone is 4. The number of ketones is 1. The maximum absolute atomic E-state index is 17.2. The zero-order chi connectivity index (χ0) is 25.3. The van der Waals surface area contributed by atoms with Crippen LogP contribution in [0.5, 0.6) is 0 Å². The number of aliphatic hydroxyl groups is 1. The van der Waals surface area contributed by atoms with Crippen LogP contribution in [0.4, 0.5) is 13.2 Å². The Kier molecular flexibility index (Phi) is 7.43. The van der Waals surface area contributed by atoms with E-state index in [-0.39, 0.29) is 43.7 Å². The van der Waals surface area contributed by atoms with Gasteiger partial charge in [0.25, 0.3) is 0 Å². The first-order valence-corrected chi connectivity index (χ1v) is 12.7. The van der Waals surface area contributed by atoms with Crippen LogP contribution in [-0.4, -0.2) is 51.5 Å². The van der Waals surface area contributed by atoms with Crippen LogP contribution < -0.4 is 0 Å². The molecule has 5 nitrogen and oxygen atoms in total. The Hall–Kier alpha value is -1.32. The number of rotatable bonds is 4. The van der Waals surface area contributed by atoms with Gasteiger partial charge in [0.1, 0.15) is 12.2 Å². The highest BCUT2D eigenvalue weighted by atomic mass is 35.5. The lowest BCUT2D eigenvalue weighted by molar-refractivity contribution is -0.228. The highest BCUT2D eigenvalue weighted by Gasteiger charge is 2.78. The lowest BCUT2D eigenvalue weighted by Crippen LogP contribution is -2.70. The van der Waals surface area contributed by atoms with Crippen LogP contribution in [0, 0.1) is 28.6 Å². The largest absolute Gasteiger partial charge is 0.449 e. The molecule has 0 aromatic heterocycles. The van der Waals surface area contributed by atoms with Gasteiger partial charge in [0, 0.05) is 29.1 Å². The third-order valence-electron chi connectivity index (χ3n) is 9.22. The summed E-state index contributed by atoms with van der Waals surface area (Å²) in [6.07, 6.45) is 0.160. The maximum Gasteiger partial charge on any atom is 0.306 e. The third kappa shape index (κ3) is 3.51. The molecule has 0 radical (unpaired) electrons. The molecule has 0 unspecified atom stereocenters. The predicted molar refractivity (Wildman–Crippen MR) is 128 cm³/mol. The van der Waals surface area contributed by atoms with Crippen LogP contribution in [0.25, 0.3) is 0 Å². The molecule has 3 saturated carbocycles. The van der Waals surface area contributed by atoms with Crippen LogP contribution in [0.2, 0.25) is 0 Å². The average Bonchev–Trinajstić information content (AvgIpc) is 2.99. The number of hydrogen-bond donors (Lipinski definition) is 1. The molecule has 0 amide bonds. The summed E-state index contributed by atoms with van der Waals surface area (Å²) in [5, 5.41) is 10.7. The van der Waals surface area contributed by atoms with Crippen molar-refractivity contribution in [1.29, 1.82) is 0 Å². The normalized spacial score (nSPS) is 46.0. The Balaban J connectivity index is 0.00000342. The number of halogens is 4. The van der Waals surface area contributed by atoms with Gasteiger partial charge in [-0.15, -0.1) is 12.4 Å². The Bertz CT molecular complexity index is 990. The smallest absolute Gasteiger partial charge is 0.306 e. The summed E-state index contributed by atoms with van der Waals surface area (Å²) < 4.78 is 51.8. The maximum atomic E-state index is 17.2. The lowest BCUT2D eigenvalue weighted by Gasteiger charge is -2.63. The average molecular weight is 537 g/mol. The Morgan fingerprint density at radius 1 is 1.26 bits per heavy atom. The molecule has 4 aliphatic carbocycles. The summed E-state index contributed by atoms with van der Waals surface area (Å²) in [5.41, 5.74) is -6.84. The molecular formula is C25H32ClF3O5S. The van der Waals surface area contributed by atoms with Crippen molar-refractivity contribution >= 4 is 41.0 Å². The van der Waals surface area contributed by atoms with E-state index in [4.69, 9.17) is 4.74 Å². The number of ether oxygens (including phenoxy) is 1. The van der Waals surface area contributed by atoms with Gasteiger partial charge in [0.15, 0.2) is 17.1 Å². The van der Waals surface area contributed by atoms with Crippen LogP contribution in [0.3, 0.4) is 0 Å². The summed E-state index contributed by atoms with van der Waals surface area (Å²) in [7, 11) is 0. The minimum atomic E-state index is -2.30. The quantitative estimate of drug-likeness (QED) is 0.517. The van der Waals surface area contributed by atoms with Gasteiger partial charge in [-0.1, -0.05) is 26.8 Å². The first kappa shape index (κ1) is 28.3. The molecular weight excluding hydrogens is 505 g/mol. The van der Waals surface area contributed by atoms with E-state index in [1.165, 1.54) is 19.1 Å². The zero-order valence-electron chi connectivity index (χ0n) is 20.2. The molecule has 0 bridgehead atoms. The van der Waals surface area contributed by atoms with Crippen molar-refractivity contribution < 1.29 is 37.4 Å². The number of hydrogen-bond acceptors (Lipinski definition) is 6. The molecule has 0 heterocycles. The minimum Gasteiger partial charge on any atom is -0.449 e. The zero-order valence-corrected chi connectivity index (χ0v) is 21.8. The van der Waals surface area contributed by atoms with E-state index in [0.717, 1.165) is 6.08 Å². The van der Waals surface area contributed by atoms with Crippen LogP contribution >= 0.6 is 24.2 Å². The van der Waals surface area contributed by atoms with Gasteiger partial charge in [-0.25, -0.2) is 13.2 Å². The standard InChI is InChI=1S/C25H31F3O5S.ClH/c1-5-20(31)33-25(21(32)34-12-26)13(2)8-15-16-10-18(27)17-9-14(29)6-7-22(17,3)24(16,28)19(30)11-23(15,25)4;/h6-7,9,13,15-16,18-19,30H,5,8,10-12H2,1-4H3;1H/t13-,15+,16+,18+,19+,22+,23+,24+,25+;/m1./s1. The molecule has 0 spiro atoms. The number of carbonyl (C=O) groups excluding carboxylic acids is 3. The SMILES string of the molecule is CCC(=O)O[C@]1(C(=O)SCF)[C@H](C)C[C@H]2[C@@H]3C[C@H](F)C4=CC(=O)C=C[C@]4(C)[C@@]3(F)[C@@H](O)C[C@@]21C.Cl. The molecule has 0 aromatic rings. The molecule has 1 N–H and O–H groups in total. The fourth-order valence-electron chi connectivity index (χ4n) is 7.63. The van der Waals surface area contributed by atoms with E-state index in [9.17, 15) is 23.9 Å². The highest BCUT2D eigenvalue weighted by molar-refractivity contribution is 8.13. The molecule has 35 heavy (non-hydrogen) atoms. The van der Waals surface area contributed by atoms with Gasteiger partial charge < -0.3 is 9.84 Å². The Morgan fingerprint density at radius 2 is 1.91 bits per heavy atom. The van der Waals surface area contributed by atoms with E-state index in [0.29, 0.717) is 11.8 Å². The van der Waals surface area contributed by atoms with Crippen LogP contribution in [0.15, 0.2) is 23.8 Å². The molecule has 10 heteroatoms. The molecule has 4 aliphatic rings. The van der Waals surface area contributed by atoms with Gasteiger partial charge in [-0.2, -0.15) is 0 Å². The van der Waals surface area contributed by atoms with Crippen LogP contribution in [-0.2, 0) is 19.1 Å². The predicted octanol–water partition coefficient (Wildman–Crippen LogP) is 4.85. The fourth-order valence-corrected chi connectivity index (χ4v) is 8.42. The Labute approximate surface area is 213 Å². The third-order valence-corrected chi connectivity index (χ3v) is 9.90. The molecule has 0 aliphatic heterocycles. The van der Waals surface area contributed by atoms with E-state index < -0.39 is 75.0 Å². The van der Waals surface area contributed by atoms with Gasteiger partial charge in [-0.3, -0.25) is 14.4 Å². The number of alkyl halides is 3. The van der Waals surface area contributed by atoms with Crippen molar-refractivity contribution in [3.8, 4) is 0 Å². The second-order valence-electron chi connectivity index (χ2n) is 10.6. The van der Waals surface area contributed by atoms with Crippen LogP contribution in [0.1, 0.15) is 53.4 Å².